The second kappa shape index (κ2) is 10.7. The summed E-state index contributed by atoms with van der Waals surface area (Å²) in [6.07, 6.45) is 4.04. The van der Waals surface area contributed by atoms with Crippen LogP contribution < -0.4 is 5.32 Å². The molecule has 1 fully saturated rings. The van der Waals surface area contributed by atoms with Gasteiger partial charge in [0, 0.05) is 18.1 Å². The van der Waals surface area contributed by atoms with E-state index in [-0.39, 0.29) is 5.41 Å². The minimum absolute atomic E-state index is 0.116. The van der Waals surface area contributed by atoms with Crippen LogP contribution in [0.15, 0.2) is 36.7 Å². The predicted octanol–water partition coefficient (Wildman–Crippen LogP) is 6.69. The Morgan fingerprint density at radius 2 is 1.91 bits per heavy atom. The van der Waals surface area contributed by atoms with Gasteiger partial charge in [0.2, 0.25) is 5.95 Å². The second-order valence-electron chi connectivity index (χ2n) is 9.67. The van der Waals surface area contributed by atoms with Crippen molar-refractivity contribution in [2.75, 3.05) is 5.32 Å². The number of alkyl halides is 1. The summed E-state index contributed by atoms with van der Waals surface area (Å²) in [5, 5.41) is 29.2. The number of carboxylic acid groups (broad SMARTS) is 2. The molecule has 2 atom stereocenters. The number of anilines is 2. The lowest BCUT2D eigenvalue weighted by Gasteiger charge is -2.40. The minimum atomic E-state index is -1.83. The number of halogens is 1. The highest BCUT2D eigenvalue weighted by atomic mass is 32.1. The van der Waals surface area contributed by atoms with Crippen molar-refractivity contribution in [2.45, 2.75) is 65.2 Å². The molecule has 0 radical (unpaired) electrons. The van der Waals surface area contributed by atoms with E-state index in [9.17, 15) is 9.50 Å². The number of benzene rings is 1. The zero-order valence-electron chi connectivity index (χ0n) is 20.2. The molecule has 1 aliphatic carbocycles. The summed E-state index contributed by atoms with van der Waals surface area (Å²) in [5.74, 6) is 0.363. The third-order valence-corrected chi connectivity index (χ3v) is 7.06. The fourth-order valence-corrected chi connectivity index (χ4v) is 5.43. The zero-order valence-corrected chi connectivity index (χ0v) is 21.1. The van der Waals surface area contributed by atoms with E-state index in [0.717, 1.165) is 52.4 Å². The Hall–Kier alpha value is -3.11. The highest BCUT2D eigenvalue weighted by molar-refractivity contribution is 7.15. The fraction of sp³-hybridized carbons (Fsp3) is 0.440. The molecule has 0 aliphatic heterocycles. The summed E-state index contributed by atoms with van der Waals surface area (Å²) >= 11 is 1.55. The SMILES string of the molecule is Cc1cc(Nc2nccc([C@H](C)F)n2)cc(-c2cnc([C@@]3(O)CCCC(C)(C)C3)s2)c1.O=C(O)O. The maximum atomic E-state index is 13.6. The van der Waals surface area contributed by atoms with Crippen molar-refractivity contribution >= 4 is 29.1 Å². The van der Waals surface area contributed by atoms with Crippen molar-refractivity contribution in [3.05, 3.63) is 52.9 Å². The number of nitrogens with zero attached hydrogens (tertiary/aromatic N) is 3. The second-order valence-corrected chi connectivity index (χ2v) is 10.7. The molecule has 2 aromatic heterocycles. The van der Waals surface area contributed by atoms with Crippen molar-refractivity contribution in [3.63, 3.8) is 0 Å². The molecule has 0 amide bonds. The van der Waals surface area contributed by atoms with Crippen LogP contribution in [0.4, 0.5) is 20.8 Å². The number of hydrogen-bond acceptors (Lipinski definition) is 7. The van der Waals surface area contributed by atoms with Gasteiger partial charge in [-0.2, -0.15) is 0 Å². The van der Waals surface area contributed by atoms with Gasteiger partial charge in [0.15, 0.2) is 0 Å². The van der Waals surface area contributed by atoms with Crippen LogP contribution in [0.3, 0.4) is 0 Å². The van der Waals surface area contributed by atoms with Crippen LogP contribution >= 0.6 is 11.3 Å². The van der Waals surface area contributed by atoms with Gasteiger partial charge in [0.25, 0.3) is 0 Å². The summed E-state index contributed by atoms with van der Waals surface area (Å²) in [7, 11) is 0. The predicted molar refractivity (Wildman–Crippen MR) is 134 cm³/mol. The Morgan fingerprint density at radius 3 is 2.57 bits per heavy atom. The molecule has 188 valence electrons. The van der Waals surface area contributed by atoms with Gasteiger partial charge in [-0.1, -0.05) is 19.9 Å². The largest absolute Gasteiger partial charge is 0.503 e. The van der Waals surface area contributed by atoms with Crippen molar-refractivity contribution < 1.29 is 24.5 Å². The molecule has 1 aliphatic rings. The summed E-state index contributed by atoms with van der Waals surface area (Å²) < 4.78 is 13.6. The van der Waals surface area contributed by atoms with E-state index >= 15 is 0 Å². The molecule has 0 spiro atoms. The van der Waals surface area contributed by atoms with Crippen LogP contribution in [0.5, 0.6) is 0 Å². The van der Waals surface area contributed by atoms with Crippen molar-refractivity contribution in [2.24, 2.45) is 5.41 Å². The van der Waals surface area contributed by atoms with E-state index in [2.05, 4.69) is 40.2 Å². The molecule has 0 unspecified atom stereocenters. The first-order valence-corrected chi connectivity index (χ1v) is 12.2. The van der Waals surface area contributed by atoms with E-state index in [4.69, 9.17) is 15.0 Å². The number of nitrogens with one attached hydrogen (secondary N) is 1. The first kappa shape index (κ1) is 26.5. The summed E-state index contributed by atoms with van der Waals surface area (Å²) in [6, 6.07) is 7.68. The normalized spacial score (nSPS) is 19.8. The maximum absolute atomic E-state index is 13.6. The Kier molecular flexibility index (Phi) is 8.07. The lowest BCUT2D eigenvalue weighted by molar-refractivity contribution is -0.0441. The van der Waals surface area contributed by atoms with Gasteiger partial charge in [-0.05, 0) is 74.3 Å². The molecule has 0 bridgehead atoms. The molecule has 35 heavy (non-hydrogen) atoms. The monoisotopic (exact) mass is 502 g/mol. The van der Waals surface area contributed by atoms with Gasteiger partial charge < -0.3 is 20.6 Å². The van der Waals surface area contributed by atoms with Gasteiger partial charge in [-0.3, -0.25) is 0 Å². The number of rotatable bonds is 5. The van der Waals surface area contributed by atoms with Crippen molar-refractivity contribution in [1.82, 2.24) is 15.0 Å². The topological polar surface area (TPSA) is 128 Å². The molecule has 0 saturated heterocycles. The number of aryl methyl sites for hydroxylation is 1. The molecular formula is C25H31FN4O4S. The molecule has 1 aromatic carbocycles. The third-order valence-electron chi connectivity index (χ3n) is 5.82. The number of hydrogen-bond donors (Lipinski definition) is 4. The first-order chi connectivity index (χ1) is 16.4. The zero-order chi connectivity index (χ0) is 25.8. The molecule has 4 N–H and O–H groups in total. The summed E-state index contributed by atoms with van der Waals surface area (Å²) in [4.78, 5) is 22.6. The average molecular weight is 503 g/mol. The van der Waals surface area contributed by atoms with Gasteiger partial charge in [-0.25, -0.2) is 24.1 Å². The first-order valence-electron chi connectivity index (χ1n) is 11.3. The Balaban J connectivity index is 0.000000795. The van der Waals surface area contributed by atoms with E-state index in [1.807, 2.05) is 25.3 Å². The Morgan fingerprint density at radius 1 is 1.20 bits per heavy atom. The Labute approximate surface area is 207 Å². The fourth-order valence-electron chi connectivity index (χ4n) is 4.41. The van der Waals surface area contributed by atoms with Crippen LogP contribution in [-0.4, -0.2) is 36.4 Å². The molecule has 1 saturated carbocycles. The standard InChI is InChI=1S/C24H29FN4OS.CH2O3/c1-15-10-17(12-18(11-15)28-22-26-9-6-19(29-22)16(2)25)20-13-27-21(31-20)24(30)8-5-7-23(3,4)14-24;2-1(3)4/h6,9-13,16,30H,5,7-8,14H2,1-4H3,(H,26,28,29);(H2,2,3,4)/t16-,24+;/m0./s1. The number of carbonyl (C=O) groups is 1. The molecule has 4 rings (SSSR count). The number of aromatic nitrogens is 3. The average Bonchev–Trinajstić information content (AvgIpc) is 3.24. The van der Waals surface area contributed by atoms with Crippen molar-refractivity contribution in [1.29, 1.82) is 0 Å². The van der Waals surface area contributed by atoms with E-state index in [1.165, 1.54) is 6.92 Å². The van der Waals surface area contributed by atoms with Crippen LogP contribution in [0.1, 0.15) is 68.9 Å². The van der Waals surface area contributed by atoms with Gasteiger partial charge in [-0.15, -0.1) is 11.3 Å². The van der Waals surface area contributed by atoms with Crippen LogP contribution in [0, 0.1) is 12.3 Å². The van der Waals surface area contributed by atoms with Crippen LogP contribution in [-0.2, 0) is 5.60 Å². The minimum Gasteiger partial charge on any atom is -0.450 e. The Bertz CT molecular complexity index is 1180. The van der Waals surface area contributed by atoms with E-state index < -0.39 is 17.9 Å². The lowest BCUT2D eigenvalue weighted by Crippen LogP contribution is -2.36. The quantitative estimate of drug-likeness (QED) is 0.304. The molecule has 3 aromatic rings. The third kappa shape index (κ3) is 7.19. The van der Waals surface area contributed by atoms with Gasteiger partial charge in [0.1, 0.15) is 16.8 Å². The summed E-state index contributed by atoms with van der Waals surface area (Å²) in [5.41, 5.74) is 2.52. The highest BCUT2D eigenvalue weighted by Gasteiger charge is 2.41. The molecule has 2 heterocycles. The van der Waals surface area contributed by atoms with E-state index in [1.54, 1.807) is 23.6 Å². The smallest absolute Gasteiger partial charge is 0.450 e. The molecule has 8 nitrogen and oxygen atoms in total. The molecular weight excluding hydrogens is 471 g/mol. The molecule has 10 heteroatoms. The summed E-state index contributed by atoms with van der Waals surface area (Å²) in [6.45, 7) is 7.91. The van der Waals surface area contributed by atoms with Crippen LogP contribution in [0.2, 0.25) is 0 Å². The highest BCUT2D eigenvalue weighted by Crippen LogP contribution is 2.48. The van der Waals surface area contributed by atoms with Crippen LogP contribution in [0.25, 0.3) is 10.4 Å². The van der Waals surface area contributed by atoms with Gasteiger partial charge >= 0.3 is 6.16 Å². The number of thiazole rings is 1. The number of aliphatic hydroxyl groups is 1. The van der Waals surface area contributed by atoms with Gasteiger partial charge in [0.05, 0.1) is 10.6 Å². The maximum Gasteiger partial charge on any atom is 0.503 e. The van der Waals surface area contributed by atoms with E-state index in [0.29, 0.717) is 11.6 Å². The lowest BCUT2D eigenvalue weighted by atomic mass is 9.70. The van der Waals surface area contributed by atoms with Crippen molar-refractivity contribution in [3.8, 4) is 10.4 Å².